The molecule has 1 aromatic carbocycles. The van der Waals surface area contributed by atoms with Crippen LogP contribution in [0.4, 0.5) is 13.2 Å². The van der Waals surface area contributed by atoms with Gasteiger partial charge in [0.1, 0.15) is 6.04 Å². The molecule has 0 aliphatic carbocycles. The van der Waals surface area contributed by atoms with Crippen LogP contribution in [0.3, 0.4) is 0 Å². The molecule has 0 saturated carbocycles. The summed E-state index contributed by atoms with van der Waals surface area (Å²) in [4.78, 5) is 8.12. The second-order valence-corrected chi connectivity index (χ2v) is 8.65. The summed E-state index contributed by atoms with van der Waals surface area (Å²) in [6.07, 6.45) is -4.23. The Kier molecular flexibility index (Phi) is 10.3. The Morgan fingerprint density at radius 1 is 1.17 bits per heavy atom. The van der Waals surface area contributed by atoms with Crippen molar-refractivity contribution < 1.29 is 21.6 Å². The SMILES string of the molecule is CCNC(=NCc1ccc(S(=O)(=O)NC)cc1)N1CCN(C(C)C(F)(F)F)CC1.I. The third kappa shape index (κ3) is 7.24. The molecule has 1 fully saturated rings. The average molecular weight is 563 g/mol. The molecule has 1 heterocycles. The van der Waals surface area contributed by atoms with Crippen molar-refractivity contribution in [1.82, 2.24) is 19.8 Å². The van der Waals surface area contributed by atoms with Crippen molar-refractivity contribution in [3.8, 4) is 0 Å². The molecule has 0 spiro atoms. The van der Waals surface area contributed by atoms with Crippen LogP contribution in [0.25, 0.3) is 0 Å². The smallest absolute Gasteiger partial charge is 0.357 e. The summed E-state index contributed by atoms with van der Waals surface area (Å²) >= 11 is 0. The van der Waals surface area contributed by atoms with Gasteiger partial charge in [-0.25, -0.2) is 18.1 Å². The molecule has 1 atom stereocenters. The van der Waals surface area contributed by atoms with Gasteiger partial charge in [-0.3, -0.25) is 4.90 Å². The van der Waals surface area contributed by atoms with E-state index in [2.05, 4.69) is 15.0 Å². The lowest BCUT2D eigenvalue weighted by molar-refractivity contribution is -0.181. The molecule has 0 radical (unpaired) electrons. The van der Waals surface area contributed by atoms with E-state index in [1.165, 1.54) is 31.0 Å². The van der Waals surface area contributed by atoms with Gasteiger partial charge in [-0.15, -0.1) is 24.0 Å². The Bertz CT molecular complexity index is 795. The van der Waals surface area contributed by atoms with Crippen LogP contribution >= 0.6 is 24.0 Å². The Hall–Kier alpha value is -1.12. The van der Waals surface area contributed by atoms with Gasteiger partial charge in [0.05, 0.1) is 11.4 Å². The fourth-order valence-electron chi connectivity index (χ4n) is 3.01. The maximum absolute atomic E-state index is 12.9. The third-order valence-corrected chi connectivity index (χ3v) is 6.31. The van der Waals surface area contributed by atoms with E-state index in [-0.39, 0.29) is 28.9 Å². The quantitative estimate of drug-likeness (QED) is 0.316. The summed E-state index contributed by atoms with van der Waals surface area (Å²) < 4.78 is 64.5. The van der Waals surface area contributed by atoms with E-state index in [1.54, 1.807) is 12.1 Å². The van der Waals surface area contributed by atoms with Crippen LogP contribution in [0.15, 0.2) is 34.2 Å². The van der Waals surface area contributed by atoms with E-state index in [1.807, 2.05) is 11.8 Å². The first kappa shape index (κ1) is 26.9. The summed E-state index contributed by atoms with van der Waals surface area (Å²) in [6, 6.07) is 4.96. The molecule has 0 aromatic heterocycles. The molecule has 1 aliphatic heterocycles. The van der Waals surface area contributed by atoms with E-state index < -0.39 is 22.2 Å². The number of hydrogen-bond donors (Lipinski definition) is 2. The predicted octanol–water partition coefficient (Wildman–Crippen LogP) is 2.25. The zero-order valence-electron chi connectivity index (χ0n) is 17.2. The van der Waals surface area contributed by atoms with Crippen molar-refractivity contribution in [3.05, 3.63) is 29.8 Å². The molecular formula is C18H29F3IN5O2S. The van der Waals surface area contributed by atoms with Crippen LogP contribution in [0.2, 0.25) is 0 Å². The van der Waals surface area contributed by atoms with Crippen LogP contribution in [-0.4, -0.2) is 76.2 Å². The van der Waals surface area contributed by atoms with Crippen molar-refractivity contribution in [2.75, 3.05) is 39.8 Å². The van der Waals surface area contributed by atoms with Gasteiger partial charge in [0.25, 0.3) is 0 Å². The molecule has 7 nitrogen and oxygen atoms in total. The van der Waals surface area contributed by atoms with Crippen LogP contribution < -0.4 is 10.0 Å². The maximum Gasteiger partial charge on any atom is 0.403 e. The van der Waals surface area contributed by atoms with Crippen LogP contribution in [0.5, 0.6) is 0 Å². The number of halogens is 4. The molecule has 1 saturated heterocycles. The molecular weight excluding hydrogens is 534 g/mol. The molecule has 30 heavy (non-hydrogen) atoms. The van der Waals surface area contributed by atoms with Crippen LogP contribution in [-0.2, 0) is 16.6 Å². The summed E-state index contributed by atoms with van der Waals surface area (Å²) in [6.45, 7) is 5.60. The van der Waals surface area contributed by atoms with E-state index in [0.29, 0.717) is 45.2 Å². The highest BCUT2D eigenvalue weighted by Gasteiger charge is 2.41. The molecule has 1 unspecified atom stereocenters. The highest BCUT2D eigenvalue weighted by atomic mass is 127. The van der Waals surface area contributed by atoms with Crippen LogP contribution in [0.1, 0.15) is 19.4 Å². The van der Waals surface area contributed by atoms with Gasteiger partial charge in [0.15, 0.2) is 5.96 Å². The number of aliphatic imine (C=N–C) groups is 1. The molecule has 2 N–H and O–H groups in total. The molecule has 1 aromatic rings. The highest BCUT2D eigenvalue weighted by Crippen LogP contribution is 2.25. The Morgan fingerprint density at radius 2 is 1.73 bits per heavy atom. The summed E-state index contributed by atoms with van der Waals surface area (Å²) in [5.74, 6) is 0.638. The lowest BCUT2D eigenvalue weighted by Crippen LogP contribution is -2.56. The average Bonchev–Trinajstić information content (AvgIpc) is 2.70. The first-order valence-corrected chi connectivity index (χ1v) is 10.9. The third-order valence-electron chi connectivity index (χ3n) is 4.88. The molecule has 12 heteroatoms. The lowest BCUT2D eigenvalue weighted by Gasteiger charge is -2.39. The second-order valence-electron chi connectivity index (χ2n) is 6.76. The normalized spacial score (nSPS) is 17.4. The van der Waals surface area contributed by atoms with Gasteiger partial charge >= 0.3 is 6.18 Å². The largest absolute Gasteiger partial charge is 0.403 e. The van der Waals surface area contributed by atoms with Gasteiger partial charge in [-0.05, 0) is 38.6 Å². The first-order valence-electron chi connectivity index (χ1n) is 9.45. The van der Waals surface area contributed by atoms with Gasteiger partial charge < -0.3 is 10.2 Å². The van der Waals surface area contributed by atoms with Crippen LogP contribution in [0, 0.1) is 0 Å². The summed E-state index contributed by atoms with van der Waals surface area (Å²) in [5.41, 5.74) is 0.833. The number of hydrogen-bond acceptors (Lipinski definition) is 4. The van der Waals surface area contributed by atoms with E-state index in [0.717, 1.165) is 5.56 Å². The van der Waals surface area contributed by atoms with Crippen molar-refractivity contribution in [2.24, 2.45) is 4.99 Å². The van der Waals surface area contributed by atoms with Crippen molar-refractivity contribution >= 4 is 40.0 Å². The Morgan fingerprint density at radius 3 is 2.20 bits per heavy atom. The number of nitrogens with one attached hydrogen (secondary N) is 2. The topological polar surface area (TPSA) is 77.0 Å². The fourth-order valence-corrected chi connectivity index (χ4v) is 3.74. The predicted molar refractivity (Wildman–Crippen MR) is 122 cm³/mol. The van der Waals surface area contributed by atoms with Crippen molar-refractivity contribution in [3.63, 3.8) is 0 Å². The standard InChI is InChI=1S/C18H28F3N5O2S.HI/c1-4-23-17(26-11-9-25(10-12-26)14(2)18(19,20)21)24-13-15-5-7-16(8-6-15)29(27,28)22-3;/h5-8,14,22H,4,9-13H2,1-3H3,(H,23,24);1H. The molecule has 172 valence electrons. The van der Waals surface area contributed by atoms with E-state index in [9.17, 15) is 21.6 Å². The van der Waals surface area contributed by atoms with E-state index >= 15 is 0 Å². The zero-order valence-corrected chi connectivity index (χ0v) is 20.4. The number of nitrogens with zero attached hydrogens (tertiary/aromatic N) is 3. The highest BCUT2D eigenvalue weighted by molar-refractivity contribution is 14.0. The van der Waals surface area contributed by atoms with Gasteiger partial charge in [0, 0.05) is 32.7 Å². The summed E-state index contributed by atoms with van der Waals surface area (Å²) in [5, 5.41) is 3.17. The lowest BCUT2D eigenvalue weighted by atomic mass is 10.2. The minimum absolute atomic E-state index is 0. The summed E-state index contributed by atoms with van der Waals surface area (Å²) in [7, 11) is -2.13. The number of benzene rings is 1. The zero-order chi connectivity index (χ0) is 21.7. The first-order chi connectivity index (χ1) is 13.6. The second kappa shape index (κ2) is 11.5. The Balaban J connectivity index is 0.00000450. The molecule has 1 aliphatic rings. The van der Waals surface area contributed by atoms with Gasteiger partial charge in [0.2, 0.25) is 10.0 Å². The van der Waals surface area contributed by atoms with Crippen molar-refractivity contribution in [1.29, 1.82) is 0 Å². The molecule has 2 rings (SSSR count). The number of piperazine rings is 1. The maximum atomic E-state index is 12.9. The number of alkyl halides is 3. The minimum atomic E-state index is -4.23. The number of guanidine groups is 1. The number of sulfonamides is 1. The number of rotatable bonds is 6. The van der Waals surface area contributed by atoms with Gasteiger partial charge in [-0.2, -0.15) is 13.2 Å². The molecule has 0 amide bonds. The monoisotopic (exact) mass is 563 g/mol. The fraction of sp³-hybridized carbons (Fsp3) is 0.611. The van der Waals surface area contributed by atoms with Gasteiger partial charge in [-0.1, -0.05) is 12.1 Å². The Labute approximate surface area is 193 Å². The van der Waals surface area contributed by atoms with Crippen molar-refractivity contribution in [2.45, 2.75) is 37.5 Å². The molecule has 0 bridgehead atoms. The minimum Gasteiger partial charge on any atom is -0.357 e. The van der Waals surface area contributed by atoms with E-state index in [4.69, 9.17) is 0 Å².